The van der Waals surface area contributed by atoms with Crippen molar-refractivity contribution < 1.29 is 18.9 Å². The quantitative estimate of drug-likeness (QED) is 0.278. The lowest BCUT2D eigenvalue weighted by Gasteiger charge is -2.35. The predicted octanol–water partition coefficient (Wildman–Crippen LogP) is 1.40. The Kier molecular flexibility index (Phi) is 5.94. The number of rotatable bonds is 14. The Morgan fingerprint density at radius 3 is 1.72 bits per heavy atom. The Bertz CT molecular complexity index is 420. The summed E-state index contributed by atoms with van der Waals surface area (Å²) in [5.74, 6) is 1.44. The summed E-state index contributed by atoms with van der Waals surface area (Å²) in [6.45, 7) is 3.65. The van der Waals surface area contributed by atoms with Crippen molar-refractivity contribution in [2.45, 2.75) is 75.5 Å². The Hall–Kier alpha value is -0.240. The van der Waals surface area contributed by atoms with E-state index in [4.69, 9.17) is 30.4 Å². The Labute approximate surface area is 150 Å². The van der Waals surface area contributed by atoms with Crippen LogP contribution in [0.15, 0.2) is 0 Å². The molecule has 0 saturated carbocycles. The fourth-order valence-electron chi connectivity index (χ4n) is 4.41. The number of unbranched alkanes of at least 4 members (excludes halogenated alkanes) is 1. The second-order valence-corrected chi connectivity index (χ2v) is 8.48. The minimum Gasteiger partial charge on any atom is -0.373 e. The second kappa shape index (κ2) is 8.19. The van der Waals surface area contributed by atoms with Crippen LogP contribution in [0.4, 0.5) is 0 Å². The molecular weight excluding hydrogens is 320 g/mol. The van der Waals surface area contributed by atoms with Crippen molar-refractivity contribution in [3.05, 3.63) is 0 Å². The molecule has 0 bridgehead atoms. The zero-order valence-electron chi connectivity index (χ0n) is 15.2. The van der Waals surface area contributed by atoms with Gasteiger partial charge in [0, 0.05) is 0 Å². The lowest BCUT2D eigenvalue weighted by Crippen LogP contribution is -2.45. The van der Waals surface area contributed by atoms with E-state index in [2.05, 4.69) is 0 Å². The van der Waals surface area contributed by atoms with Crippen molar-refractivity contribution in [2.24, 2.45) is 29.2 Å². The van der Waals surface area contributed by atoms with Crippen molar-refractivity contribution in [3.8, 4) is 0 Å². The highest BCUT2D eigenvalue weighted by Gasteiger charge is 2.42. The minimum absolute atomic E-state index is 0.282. The smallest absolute Gasteiger partial charge is 0.0813 e. The monoisotopic (exact) mass is 354 g/mol. The molecule has 0 aromatic rings. The van der Waals surface area contributed by atoms with Crippen LogP contribution in [0.2, 0.25) is 0 Å². The third kappa shape index (κ3) is 6.15. The molecule has 4 aliphatic heterocycles. The third-order valence-corrected chi connectivity index (χ3v) is 6.25. The fraction of sp³-hybridized carbons (Fsp3) is 1.00. The summed E-state index contributed by atoms with van der Waals surface area (Å²) in [5, 5.41) is 0. The largest absolute Gasteiger partial charge is 0.373 e. The average Bonchev–Trinajstić information content (AvgIpc) is 3.44. The van der Waals surface area contributed by atoms with Gasteiger partial charge >= 0.3 is 0 Å². The molecule has 144 valence electrons. The normalized spacial score (nSPS) is 36.1. The van der Waals surface area contributed by atoms with E-state index in [-0.39, 0.29) is 6.17 Å². The molecule has 0 radical (unpaired) electrons. The van der Waals surface area contributed by atoms with Crippen molar-refractivity contribution in [2.75, 3.05) is 26.4 Å². The van der Waals surface area contributed by atoms with Crippen LogP contribution in [0.1, 0.15) is 44.9 Å². The first-order valence-corrected chi connectivity index (χ1v) is 10.2. The van der Waals surface area contributed by atoms with Gasteiger partial charge in [-0.2, -0.15) is 0 Å². The number of ether oxygens (including phenoxy) is 4. The maximum atomic E-state index is 6.23. The first kappa shape index (κ1) is 18.1. The molecule has 25 heavy (non-hydrogen) atoms. The van der Waals surface area contributed by atoms with Gasteiger partial charge in [-0.05, 0) is 43.4 Å². The first-order chi connectivity index (χ1) is 12.2. The van der Waals surface area contributed by atoms with Crippen molar-refractivity contribution >= 4 is 0 Å². The number of hydrogen-bond acceptors (Lipinski definition) is 6. The molecule has 0 aliphatic carbocycles. The summed E-state index contributed by atoms with van der Waals surface area (Å²) in [6, 6.07) is 0. The van der Waals surface area contributed by atoms with Crippen LogP contribution in [0.25, 0.3) is 0 Å². The first-order valence-electron chi connectivity index (χ1n) is 10.2. The van der Waals surface area contributed by atoms with Crippen molar-refractivity contribution in [1.29, 1.82) is 0 Å². The Morgan fingerprint density at radius 1 is 0.680 bits per heavy atom. The molecule has 4 N–H and O–H groups in total. The van der Waals surface area contributed by atoms with E-state index < -0.39 is 0 Å². The maximum Gasteiger partial charge on any atom is 0.0813 e. The SMILES string of the molecule is NC(N)C(CC1CO1)C(CC1CO1)C(CCCCC1CO1)CC1CO1. The van der Waals surface area contributed by atoms with Crippen molar-refractivity contribution in [3.63, 3.8) is 0 Å². The summed E-state index contributed by atoms with van der Waals surface area (Å²) >= 11 is 0. The van der Waals surface area contributed by atoms with E-state index in [1.54, 1.807) is 0 Å². The van der Waals surface area contributed by atoms with Gasteiger partial charge in [-0.15, -0.1) is 0 Å². The molecule has 0 amide bonds. The topological polar surface area (TPSA) is 102 Å². The van der Waals surface area contributed by atoms with Crippen LogP contribution in [-0.2, 0) is 18.9 Å². The van der Waals surface area contributed by atoms with Gasteiger partial charge in [0.2, 0.25) is 0 Å². The number of hydrogen-bond donors (Lipinski definition) is 2. The van der Waals surface area contributed by atoms with E-state index in [1.807, 2.05) is 0 Å². The summed E-state index contributed by atoms with van der Waals surface area (Å²) in [5.41, 5.74) is 12.5. The molecule has 4 fully saturated rings. The van der Waals surface area contributed by atoms with Crippen LogP contribution in [-0.4, -0.2) is 57.0 Å². The van der Waals surface area contributed by atoms with Gasteiger partial charge < -0.3 is 30.4 Å². The van der Waals surface area contributed by atoms with Gasteiger partial charge in [-0.1, -0.05) is 19.3 Å². The molecule has 0 aromatic carbocycles. The van der Waals surface area contributed by atoms with Crippen LogP contribution >= 0.6 is 0 Å². The second-order valence-electron chi connectivity index (χ2n) is 8.48. The molecule has 0 spiro atoms. The molecule has 4 rings (SSSR count). The van der Waals surface area contributed by atoms with E-state index in [1.165, 1.54) is 25.7 Å². The van der Waals surface area contributed by atoms with E-state index in [9.17, 15) is 0 Å². The highest BCUT2D eigenvalue weighted by atomic mass is 16.6. The van der Waals surface area contributed by atoms with Gasteiger partial charge in [-0.25, -0.2) is 0 Å². The lowest BCUT2D eigenvalue weighted by molar-refractivity contribution is 0.128. The maximum absolute atomic E-state index is 6.23. The third-order valence-electron chi connectivity index (χ3n) is 6.25. The fourth-order valence-corrected chi connectivity index (χ4v) is 4.41. The Morgan fingerprint density at radius 2 is 1.20 bits per heavy atom. The van der Waals surface area contributed by atoms with Crippen LogP contribution in [0, 0.1) is 17.8 Å². The van der Waals surface area contributed by atoms with Gasteiger partial charge in [-0.3, -0.25) is 0 Å². The minimum atomic E-state index is -0.282. The lowest BCUT2D eigenvalue weighted by atomic mass is 9.71. The summed E-state index contributed by atoms with van der Waals surface area (Å²) in [6.07, 6.45) is 9.67. The molecule has 4 heterocycles. The van der Waals surface area contributed by atoms with Crippen LogP contribution in [0.5, 0.6) is 0 Å². The molecule has 7 unspecified atom stereocenters. The van der Waals surface area contributed by atoms with Gasteiger partial charge in [0.05, 0.1) is 57.0 Å². The standard InChI is InChI=1S/C19H34N2O4/c20-19(21)18(7-16-11-25-16)17(6-15-10-24-15)12(5-14-9-23-14)3-1-2-4-13-8-22-13/h12-19H,1-11,20-21H2. The molecule has 6 nitrogen and oxygen atoms in total. The van der Waals surface area contributed by atoms with Crippen molar-refractivity contribution in [1.82, 2.24) is 0 Å². The van der Waals surface area contributed by atoms with Gasteiger partial charge in [0.25, 0.3) is 0 Å². The predicted molar refractivity (Wildman–Crippen MR) is 93.9 cm³/mol. The van der Waals surface area contributed by atoms with Crippen LogP contribution < -0.4 is 11.5 Å². The summed E-state index contributed by atoms with van der Waals surface area (Å²) < 4.78 is 21.9. The molecule has 4 saturated heterocycles. The zero-order valence-corrected chi connectivity index (χ0v) is 15.2. The van der Waals surface area contributed by atoms with E-state index in [0.29, 0.717) is 42.2 Å². The van der Waals surface area contributed by atoms with E-state index >= 15 is 0 Å². The summed E-state index contributed by atoms with van der Waals surface area (Å²) in [7, 11) is 0. The molecule has 7 atom stereocenters. The highest BCUT2D eigenvalue weighted by Crippen LogP contribution is 2.41. The number of nitrogens with two attached hydrogens (primary N) is 2. The van der Waals surface area contributed by atoms with E-state index in [0.717, 1.165) is 45.7 Å². The summed E-state index contributed by atoms with van der Waals surface area (Å²) in [4.78, 5) is 0. The van der Waals surface area contributed by atoms with Gasteiger partial charge in [0.1, 0.15) is 0 Å². The Balaban J connectivity index is 1.37. The molecular formula is C19H34N2O4. The van der Waals surface area contributed by atoms with Crippen LogP contribution in [0.3, 0.4) is 0 Å². The number of epoxide rings is 4. The van der Waals surface area contributed by atoms with Gasteiger partial charge in [0.15, 0.2) is 0 Å². The zero-order chi connectivity index (χ0) is 17.2. The highest BCUT2D eigenvalue weighted by molar-refractivity contribution is 4.91. The molecule has 4 aliphatic rings. The average molecular weight is 354 g/mol. The molecule has 6 heteroatoms. The molecule has 0 aromatic heterocycles.